The highest BCUT2D eigenvalue weighted by Gasteiger charge is 2.10. The maximum atomic E-state index is 10.8. The molecule has 23 heavy (non-hydrogen) atoms. The Labute approximate surface area is 140 Å². The van der Waals surface area contributed by atoms with Gasteiger partial charge in [0.1, 0.15) is 19.6 Å². The standard InChI is InChI=1S/C10H18.C9H12O4/c1-3-5-7-9-10-8-6-4-2;1-3-5-12-8(10)7-9(11)13-6-4-2/h3-4H,1-2,5-10H2;3-4H,1-2,5-7H2. The largest absolute Gasteiger partial charge is 0.461 e. The van der Waals surface area contributed by atoms with Crippen LogP contribution in [0.1, 0.15) is 44.9 Å². The Balaban J connectivity index is 0. The number of esters is 2. The zero-order valence-corrected chi connectivity index (χ0v) is 14.1. The molecule has 4 nitrogen and oxygen atoms in total. The Morgan fingerprint density at radius 3 is 1.35 bits per heavy atom. The van der Waals surface area contributed by atoms with Crippen molar-refractivity contribution >= 4 is 11.9 Å². The van der Waals surface area contributed by atoms with Gasteiger partial charge in [-0.25, -0.2) is 0 Å². The molecule has 0 heterocycles. The Bertz CT molecular complexity index is 324. The Hall–Kier alpha value is -2.10. The summed E-state index contributed by atoms with van der Waals surface area (Å²) in [5.74, 6) is -1.23. The van der Waals surface area contributed by atoms with Crippen LogP contribution < -0.4 is 0 Å². The summed E-state index contributed by atoms with van der Waals surface area (Å²) in [6.45, 7) is 14.3. The number of ether oxygens (including phenoxy) is 2. The van der Waals surface area contributed by atoms with E-state index in [0.29, 0.717) is 0 Å². The van der Waals surface area contributed by atoms with Gasteiger partial charge in [0.05, 0.1) is 0 Å². The van der Waals surface area contributed by atoms with Crippen LogP contribution in [0.5, 0.6) is 0 Å². The third-order valence-electron chi connectivity index (χ3n) is 2.58. The van der Waals surface area contributed by atoms with Crippen molar-refractivity contribution in [1.29, 1.82) is 0 Å². The van der Waals surface area contributed by atoms with Gasteiger partial charge in [0.15, 0.2) is 0 Å². The van der Waals surface area contributed by atoms with Gasteiger partial charge in [0, 0.05) is 0 Å². The van der Waals surface area contributed by atoms with Gasteiger partial charge in [-0.1, -0.05) is 50.3 Å². The quantitative estimate of drug-likeness (QED) is 0.216. The van der Waals surface area contributed by atoms with Gasteiger partial charge >= 0.3 is 11.9 Å². The first-order valence-corrected chi connectivity index (χ1v) is 7.87. The molecule has 0 fully saturated rings. The number of hydrogen-bond donors (Lipinski definition) is 0. The molecule has 0 atom stereocenters. The van der Waals surface area contributed by atoms with E-state index in [1.165, 1.54) is 50.7 Å². The highest BCUT2D eigenvalue weighted by Crippen LogP contribution is 2.05. The lowest BCUT2D eigenvalue weighted by Crippen LogP contribution is -2.13. The monoisotopic (exact) mass is 322 g/mol. The summed E-state index contributed by atoms with van der Waals surface area (Å²) in [5, 5.41) is 0. The number of carbonyl (C=O) groups is 2. The summed E-state index contributed by atoms with van der Waals surface area (Å²) in [4.78, 5) is 21.6. The number of hydrogen-bond acceptors (Lipinski definition) is 4. The van der Waals surface area contributed by atoms with Crippen molar-refractivity contribution in [2.45, 2.75) is 44.9 Å². The van der Waals surface area contributed by atoms with Crippen molar-refractivity contribution in [3.05, 3.63) is 50.6 Å². The van der Waals surface area contributed by atoms with Crippen LogP contribution in [-0.4, -0.2) is 25.2 Å². The fraction of sp³-hybridized carbons (Fsp3) is 0.474. The molecule has 4 heteroatoms. The molecule has 0 spiro atoms. The molecule has 0 aliphatic carbocycles. The zero-order chi connectivity index (χ0) is 17.8. The Morgan fingerprint density at radius 1 is 0.652 bits per heavy atom. The van der Waals surface area contributed by atoms with Crippen molar-refractivity contribution in [3.8, 4) is 0 Å². The molecule has 0 N–H and O–H groups in total. The summed E-state index contributed by atoms with van der Waals surface area (Å²) >= 11 is 0. The molecule has 0 amide bonds. The molecule has 0 rings (SSSR count). The highest BCUT2D eigenvalue weighted by molar-refractivity contribution is 5.91. The minimum atomic E-state index is -0.617. The molecule has 0 saturated heterocycles. The van der Waals surface area contributed by atoms with Crippen molar-refractivity contribution in [3.63, 3.8) is 0 Å². The van der Waals surface area contributed by atoms with E-state index in [0.717, 1.165) is 0 Å². The van der Waals surface area contributed by atoms with Gasteiger partial charge in [0.2, 0.25) is 0 Å². The topological polar surface area (TPSA) is 52.6 Å². The van der Waals surface area contributed by atoms with Crippen LogP contribution >= 0.6 is 0 Å². The predicted molar refractivity (Wildman–Crippen MR) is 95.0 cm³/mol. The number of allylic oxidation sites excluding steroid dienone is 2. The first-order valence-electron chi connectivity index (χ1n) is 7.87. The Morgan fingerprint density at radius 2 is 1.04 bits per heavy atom. The lowest BCUT2D eigenvalue weighted by molar-refractivity contribution is -0.153. The summed E-state index contributed by atoms with van der Waals surface area (Å²) in [6.07, 6.45) is 14.1. The zero-order valence-electron chi connectivity index (χ0n) is 14.1. The van der Waals surface area contributed by atoms with E-state index in [9.17, 15) is 9.59 Å². The third-order valence-corrected chi connectivity index (χ3v) is 2.58. The minimum absolute atomic E-state index is 0.105. The molecule has 130 valence electrons. The molecule has 0 aliphatic heterocycles. The second-order valence-corrected chi connectivity index (χ2v) is 4.69. The number of carbonyl (C=O) groups excluding carboxylic acids is 2. The number of unbranched alkanes of at least 4 members (excludes halogenated alkanes) is 5. The fourth-order valence-electron chi connectivity index (χ4n) is 1.45. The molecule has 0 saturated carbocycles. The van der Waals surface area contributed by atoms with Gasteiger partial charge in [-0.2, -0.15) is 0 Å². The molecule has 0 unspecified atom stereocenters. The third kappa shape index (κ3) is 22.3. The maximum Gasteiger partial charge on any atom is 0.317 e. The van der Waals surface area contributed by atoms with Crippen LogP contribution in [0, 0.1) is 0 Å². The first kappa shape index (κ1) is 23.2. The smallest absolute Gasteiger partial charge is 0.317 e. The van der Waals surface area contributed by atoms with E-state index >= 15 is 0 Å². The van der Waals surface area contributed by atoms with E-state index in [4.69, 9.17) is 0 Å². The molecule has 0 aliphatic rings. The van der Waals surface area contributed by atoms with Crippen molar-refractivity contribution < 1.29 is 19.1 Å². The molecule has 0 aromatic rings. The van der Waals surface area contributed by atoms with Crippen LogP contribution in [0.15, 0.2) is 50.6 Å². The van der Waals surface area contributed by atoms with Crippen LogP contribution in [-0.2, 0) is 19.1 Å². The fourth-order valence-corrected chi connectivity index (χ4v) is 1.45. The molecular formula is C19H30O4. The van der Waals surface area contributed by atoms with E-state index < -0.39 is 11.9 Å². The van der Waals surface area contributed by atoms with E-state index in [-0.39, 0.29) is 19.6 Å². The lowest BCUT2D eigenvalue weighted by atomic mass is 10.1. The van der Waals surface area contributed by atoms with Crippen molar-refractivity contribution in [1.82, 2.24) is 0 Å². The van der Waals surface area contributed by atoms with Crippen LogP contribution in [0.2, 0.25) is 0 Å². The molecular weight excluding hydrogens is 292 g/mol. The lowest BCUT2D eigenvalue weighted by Gasteiger charge is -2.01. The van der Waals surface area contributed by atoms with E-state index in [1.807, 2.05) is 12.2 Å². The normalized spacial score (nSPS) is 8.87. The maximum absolute atomic E-state index is 10.8. The SMILES string of the molecule is C=CCCCCCCC=C.C=CCOC(=O)CC(=O)OCC=C. The number of rotatable bonds is 13. The van der Waals surface area contributed by atoms with Gasteiger partial charge in [0.25, 0.3) is 0 Å². The van der Waals surface area contributed by atoms with Gasteiger partial charge in [-0.3, -0.25) is 9.59 Å². The average molecular weight is 322 g/mol. The average Bonchev–Trinajstić information content (AvgIpc) is 2.55. The van der Waals surface area contributed by atoms with Crippen LogP contribution in [0.25, 0.3) is 0 Å². The van der Waals surface area contributed by atoms with E-state index in [1.54, 1.807) is 0 Å². The first-order chi connectivity index (χ1) is 11.1. The van der Waals surface area contributed by atoms with Gasteiger partial charge < -0.3 is 9.47 Å². The van der Waals surface area contributed by atoms with Crippen molar-refractivity contribution in [2.24, 2.45) is 0 Å². The summed E-state index contributed by atoms with van der Waals surface area (Å²) in [5.41, 5.74) is 0. The highest BCUT2D eigenvalue weighted by atomic mass is 16.6. The summed E-state index contributed by atoms with van der Waals surface area (Å²) in [7, 11) is 0. The second-order valence-electron chi connectivity index (χ2n) is 4.69. The van der Waals surface area contributed by atoms with Gasteiger partial charge in [-0.15, -0.1) is 13.2 Å². The Kier molecular flexibility index (Phi) is 20.0. The molecule has 0 aromatic heterocycles. The van der Waals surface area contributed by atoms with E-state index in [2.05, 4.69) is 35.8 Å². The predicted octanol–water partition coefficient (Wildman–Crippen LogP) is 4.53. The molecule has 0 bridgehead atoms. The summed E-state index contributed by atoms with van der Waals surface area (Å²) < 4.78 is 9.12. The minimum Gasteiger partial charge on any atom is -0.461 e. The van der Waals surface area contributed by atoms with Gasteiger partial charge in [-0.05, 0) is 25.7 Å². The summed E-state index contributed by atoms with van der Waals surface area (Å²) in [6, 6.07) is 0. The molecule has 0 aromatic carbocycles. The molecule has 0 radical (unpaired) electrons. The van der Waals surface area contributed by atoms with Crippen LogP contribution in [0.4, 0.5) is 0 Å². The second kappa shape index (κ2) is 19.9. The van der Waals surface area contributed by atoms with Crippen molar-refractivity contribution in [2.75, 3.05) is 13.2 Å². The van der Waals surface area contributed by atoms with Crippen LogP contribution in [0.3, 0.4) is 0 Å².